The van der Waals surface area contributed by atoms with Gasteiger partial charge in [0.05, 0.1) is 0 Å². The highest BCUT2D eigenvalue weighted by Gasteiger charge is 2.55. The summed E-state index contributed by atoms with van der Waals surface area (Å²) in [7, 11) is 0. The van der Waals surface area contributed by atoms with Crippen LogP contribution in [0.2, 0.25) is 0 Å². The average Bonchev–Trinajstić information content (AvgIpc) is 1.99. The van der Waals surface area contributed by atoms with E-state index in [-0.39, 0.29) is 0 Å². The fraction of sp³-hybridized carbons (Fsp3) is 0.833. The highest BCUT2D eigenvalue weighted by molar-refractivity contribution is 9.10. The molecule has 0 aromatic rings. The van der Waals surface area contributed by atoms with Crippen molar-refractivity contribution < 1.29 is 0 Å². The first-order chi connectivity index (χ1) is 6.13. The minimum absolute atomic E-state index is 0.505. The SMILES string of the molecule is C=CC12CC3CC(CC(Br)(C3)C1)C2. The molecule has 0 spiro atoms. The minimum Gasteiger partial charge on any atom is -0.103 e. The summed E-state index contributed by atoms with van der Waals surface area (Å²) in [5.74, 6) is 2.00. The Morgan fingerprint density at radius 2 is 1.77 bits per heavy atom. The second-order valence-electron chi connectivity index (χ2n) is 5.68. The molecular weight excluding hydrogens is 224 g/mol. The normalized spacial score (nSPS) is 58.2. The van der Waals surface area contributed by atoms with E-state index < -0.39 is 0 Å². The summed E-state index contributed by atoms with van der Waals surface area (Å²) in [6.07, 6.45) is 10.8. The third-order valence-electron chi connectivity index (χ3n) is 4.47. The average molecular weight is 241 g/mol. The highest BCUT2D eigenvalue weighted by Crippen LogP contribution is 2.64. The van der Waals surface area contributed by atoms with E-state index in [0.29, 0.717) is 9.74 Å². The zero-order chi connectivity index (χ0) is 9.10. The maximum Gasteiger partial charge on any atom is 0.0271 e. The van der Waals surface area contributed by atoms with Gasteiger partial charge in [-0.15, -0.1) is 6.58 Å². The van der Waals surface area contributed by atoms with Gasteiger partial charge in [-0.25, -0.2) is 0 Å². The lowest BCUT2D eigenvalue weighted by Crippen LogP contribution is -2.51. The number of hydrogen-bond donors (Lipinski definition) is 0. The van der Waals surface area contributed by atoms with E-state index in [1.54, 1.807) is 0 Å². The smallest absolute Gasteiger partial charge is 0.0271 e. The lowest BCUT2D eigenvalue weighted by atomic mass is 9.49. The Morgan fingerprint density at radius 1 is 1.15 bits per heavy atom. The van der Waals surface area contributed by atoms with Crippen molar-refractivity contribution in [3.05, 3.63) is 12.7 Å². The van der Waals surface area contributed by atoms with Crippen LogP contribution in [0.4, 0.5) is 0 Å². The summed E-state index contributed by atoms with van der Waals surface area (Å²) in [5.41, 5.74) is 0.521. The van der Waals surface area contributed by atoms with Gasteiger partial charge in [0.15, 0.2) is 0 Å². The predicted octanol–water partition coefficient (Wildman–Crippen LogP) is 3.91. The van der Waals surface area contributed by atoms with Gasteiger partial charge in [-0.1, -0.05) is 22.0 Å². The van der Waals surface area contributed by atoms with E-state index in [1.807, 2.05) is 0 Å². The molecule has 13 heavy (non-hydrogen) atoms. The first-order valence-corrected chi connectivity index (χ1v) is 6.25. The zero-order valence-electron chi connectivity index (χ0n) is 8.06. The van der Waals surface area contributed by atoms with Crippen molar-refractivity contribution in [1.29, 1.82) is 0 Å². The Hall–Kier alpha value is 0.220. The van der Waals surface area contributed by atoms with E-state index in [2.05, 4.69) is 28.6 Å². The summed E-state index contributed by atoms with van der Waals surface area (Å²) >= 11 is 3.99. The fourth-order valence-electron chi connectivity index (χ4n) is 4.46. The molecule has 4 aliphatic carbocycles. The van der Waals surface area contributed by atoms with Crippen molar-refractivity contribution in [1.82, 2.24) is 0 Å². The molecule has 0 aromatic heterocycles. The third kappa shape index (κ3) is 1.16. The molecule has 4 bridgehead atoms. The van der Waals surface area contributed by atoms with Crippen LogP contribution in [0.3, 0.4) is 0 Å². The van der Waals surface area contributed by atoms with Crippen LogP contribution in [0.15, 0.2) is 12.7 Å². The Bertz CT molecular complexity index is 242. The summed E-state index contributed by atoms with van der Waals surface area (Å²) in [5, 5.41) is 0. The first-order valence-electron chi connectivity index (χ1n) is 5.46. The van der Waals surface area contributed by atoms with Crippen LogP contribution in [0.5, 0.6) is 0 Å². The molecular formula is C12H17Br. The highest BCUT2D eigenvalue weighted by atomic mass is 79.9. The monoisotopic (exact) mass is 240 g/mol. The van der Waals surface area contributed by atoms with Gasteiger partial charge >= 0.3 is 0 Å². The largest absolute Gasteiger partial charge is 0.103 e. The molecule has 1 heteroatoms. The van der Waals surface area contributed by atoms with Gasteiger partial charge in [0.1, 0.15) is 0 Å². The standard InChI is InChI=1S/C12H17Br/c1-2-11-4-9-3-10(5-11)7-12(13,6-9)8-11/h2,9-10H,1,3-8H2. The maximum atomic E-state index is 4.06. The molecule has 4 fully saturated rings. The Morgan fingerprint density at radius 3 is 2.23 bits per heavy atom. The molecule has 0 radical (unpaired) electrons. The second-order valence-corrected chi connectivity index (χ2v) is 7.36. The molecule has 0 amide bonds. The first kappa shape index (κ1) is 8.52. The van der Waals surface area contributed by atoms with Crippen molar-refractivity contribution in [2.24, 2.45) is 17.3 Å². The summed E-state index contributed by atoms with van der Waals surface area (Å²) < 4.78 is 0.505. The molecule has 0 aliphatic heterocycles. The topological polar surface area (TPSA) is 0 Å². The number of halogens is 1. The maximum absolute atomic E-state index is 4.06. The van der Waals surface area contributed by atoms with Gasteiger partial charge in [-0.05, 0) is 55.8 Å². The molecule has 0 N–H and O–H groups in total. The van der Waals surface area contributed by atoms with Crippen LogP contribution in [0.1, 0.15) is 38.5 Å². The van der Waals surface area contributed by atoms with Gasteiger partial charge in [0.2, 0.25) is 0 Å². The van der Waals surface area contributed by atoms with Crippen LogP contribution in [-0.2, 0) is 0 Å². The fourth-order valence-corrected chi connectivity index (χ4v) is 5.93. The third-order valence-corrected chi connectivity index (χ3v) is 5.40. The molecule has 4 aliphatic rings. The molecule has 0 aromatic carbocycles. The molecule has 72 valence electrons. The molecule has 0 heterocycles. The number of allylic oxidation sites excluding steroid dienone is 1. The van der Waals surface area contributed by atoms with Gasteiger partial charge in [-0.3, -0.25) is 0 Å². The van der Waals surface area contributed by atoms with Crippen LogP contribution < -0.4 is 0 Å². The molecule has 2 atom stereocenters. The molecule has 2 unspecified atom stereocenters. The zero-order valence-corrected chi connectivity index (χ0v) is 9.65. The number of rotatable bonds is 1. The minimum atomic E-state index is 0.505. The summed E-state index contributed by atoms with van der Waals surface area (Å²) in [6, 6.07) is 0. The van der Waals surface area contributed by atoms with Gasteiger partial charge in [-0.2, -0.15) is 0 Å². The van der Waals surface area contributed by atoms with Crippen molar-refractivity contribution in [2.75, 3.05) is 0 Å². The predicted molar refractivity (Wildman–Crippen MR) is 59.0 cm³/mol. The lowest BCUT2D eigenvalue weighted by molar-refractivity contribution is -0.00408. The Balaban J connectivity index is 2.00. The van der Waals surface area contributed by atoms with Crippen LogP contribution in [-0.4, -0.2) is 4.32 Å². The van der Waals surface area contributed by atoms with Crippen molar-refractivity contribution in [2.45, 2.75) is 42.8 Å². The van der Waals surface area contributed by atoms with Gasteiger partial charge in [0.25, 0.3) is 0 Å². The second kappa shape index (κ2) is 2.42. The molecule has 0 nitrogen and oxygen atoms in total. The number of hydrogen-bond acceptors (Lipinski definition) is 0. The quantitative estimate of drug-likeness (QED) is 0.482. The van der Waals surface area contributed by atoms with Gasteiger partial charge < -0.3 is 0 Å². The Labute approximate surface area is 88.9 Å². The lowest BCUT2D eigenvalue weighted by Gasteiger charge is -2.59. The number of alkyl halides is 1. The molecule has 4 saturated carbocycles. The summed E-state index contributed by atoms with van der Waals surface area (Å²) in [4.78, 5) is 0. The van der Waals surface area contributed by atoms with Crippen molar-refractivity contribution in [3.8, 4) is 0 Å². The van der Waals surface area contributed by atoms with E-state index in [9.17, 15) is 0 Å². The van der Waals surface area contributed by atoms with Crippen molar-refractivity contribution >= 4 is 15.9 Å². The van der Waals surface area contributed by atoms with E-state index in [1.165, 1.54) is 38.5 Å². The van der Waals surface area contributed by atoms with Crippen molar-refractivity contribution in [3.63, 3.8) is 0 Å². The van der Waals surface area contributed by atoms with E-state index >= 15 is 0 Å². The Kier molecular flexibility index (Phi) is 1.59. The van der Waals surface area contributed by atoms with E-state index in [4.69, 9.17) is 0 Å². The van der Waals surface area contributed by atoms with Crippen LogP contribution in [0, 0.1) is 17.3 Å². The summed E-state index contributed by atoms with van der Waals surface area (Å²) in [6.45, 7) is 4.06. The van der Waals surface area contributed by atoms with Gasteiger partial charge in [0, 0.05) is 4.32 Å². The van der Waals surface area contributed by atoms with E-state index in [0.717, 1.165) is 11.8 Å². The molecule has 4 rings (SSSR count). The van der Waals surface area contributed by atoms with Crippen LogP contribution >= 0.6 is 15.9 Å². The van der Waals surface area contributed by atoms with Crippen LogP contribution in [0.25, 0.3) is 0 Å². The molecule has 0 saturated heterocycles.